The highest BCUT2D eigenvalue weighted by molar-refractivity contribution is 5.47. The third-order valence-corrected chi connectivity index (χ3v) is 3.38. The van der Waals surface area contributed by atoms with Gasteiger partial charge in [-0.3, -0.25) is 0 Å². The first kappa shape index (κ1) is 15.3. The normalized spacial score (nSPS) is 17.2. The lowest BCUT2D eigenvalue weighted by atomic mass is 10.2. The van der Waals surface area contributed by atoms with Crippen LogP contribution in [0.25, 0.3) is 0 Å². The van der Waals surface area contributed by atoms with E-state index in [0.29, 0.717) is 13.2 Å². The Morgan fingerprint density at radius 1 is 1.30 bits per heavy atom. The molecule has 0 radical (unpaired) electrons. The third-order valence-electron chi connectivity index (χ3n) is 3.38. The van der Waals surface area contributed by atoms with Gasteiger partial charge in [-0.25, -0.2) is 0 Å². The van der Waals surface area contributed by atoms with Crippen LogP contribution in [0.3, 0.4) is 0 Å². The number of nitrogens with zero attached hydrogens (tertiary/aromatic N) is 1. The molecule has 0 spiro atoms. The lowest BCUT2D eigenvalue weighted by molar-refractivity contribution is 0.0644. The van der Waals surface area contributed by atoms with Gasteiger partial charge in [0.15, 0.2) is 0 Å². The Morgan fingerprint density at radius 2 is 2.00 bits per heavy atom. The number of aliphatic hydroxyl groups excluding tert-OH is 1. The largest absolute Gasteiger partial charge is 0.389 e. The summed E-state index contributed by atoms with van der Waals surface area (Å²) >= 11 is 0. The topological polar surface area (TPSA) is 54.0 Å². The SMILES string of the molecule is COCC(O)CNCc1ccc(N2CCOCC2)cc1. The lowest BCUT2D eigenvalue weighted by Crippen LogP contribution is -2.36. The number of hydrogen-bond acceptors (Lipinski definition) is 5. The van der Waals surface area contributed by atoms with Gasteiger partial charge in [0.2, 0.25) is 0 Å². The van der Waals surface area contributed by atoms with E-state index in [-0.39, 0.29) is 0 Å². The van der Waals surface area contributed by atoms with Gasteiger partial charge in [-0.1, -0.05) is 12.1 Å². The Kier molecular flexibility index (Phi) is 6.26. The zero-order chi connectivity index (χ0) is 14.2. The van der Waals surface area contributed by atoms with Gasteiger partial charge in [0.25, 0.3) is 0 Å². The summed E-state index contributed by atoms with van der Waals surface area (Å²) in [6.45, 7) is 5.19. The monoisotopic (exact) mass is 280 g/mol. The molecule has 0 aromatic heterocycles. The maximum Gasteiger partial charge on any atom is 0.0897 e. The highest BCUT2D eigenvalue weighted by atomic mass is 16.5. The second-order valence-electron chi connectivity index (χ2n) is 5.01. The molecule has 1 unspecified atom stereocenters. The van der Waals surface area contributed by atoms with Crippen molar-refractivity contribution >= 4 is 5.69 Å². The first-order chi connectivity index (χ1) is 9.79. The fourth-order valence-corrected chi connectivity index (χ4v) is 2.28. The van der Waals surface area contributed by atoms with Crippen molar-refractivity contribution in [2.75, 3.05) is 51.5 Å². The van der Waals surface area contributed by atoms with Gasteiger partial charge in [-0.15, -0.1) is 0 Å². The molecule has 5 heteroatoms. The highest BCUT2D eigenvalue weighted by Crippen LogP contribution is 2.16. The Bertz CT molecular complexity index is 377. The molecule has 1 aliphatic rings. The number of anilines is 1. The second-order valence-corrected chi connectivity index (χ2v) is 5.01. The van der Waals surface area contributed by atoms with Crippen LogP contribution in [0.4, 0.5) is 5.69 Å². The molecule has 112 valence electrons. The molecule has 1 aliphatic heterocycles. The van der Waals surface area contributed by atoms with Crippen LogP contribution in [-0.2, 0) is 16.0 Å². The van der Waals surface area contributed by atoms with E-state index >= 15 is 0 Å². The Hall–Kier alpha value is -1.14. The van der Waals surface area contributed by atoms with Crippen LogP contribution in [0.2, 0.25) is 0 Å². The Labute approximate surface area is 120 Å². The van der Waals surface area contributed by atoms with Gasteiger partial charge >= 0.3 is 0 Å². The number of hydrogen-bond donors (Lipinski definition) is 2. The molecule has 1 atom stereocenters. The standard InChI is InChI=1S/C15H24N2O3/c1-19-12-15(18)11-16-10-13-2-4-14(5-3-13)17-6-8-20-9-7-17/h2-5,15-16,18H,6-12H2,1H3. The minimum Gasteiger partial charge on any atom is -0.389 e. The van der Waals surface area contributed by atoms with Crippen molar-refractivity contribution in [2.45, 2.75) is 12.6 Å². The van der Waals surface area contributed by atoms with E-state index in [1.807, 2.05) is 0 Å². The van der Waals surface area contributed by atoms with Gasteiger partial charge in [0.1, 0.15) is 0 Å². The van der Waals surface area contributed by atoms with Gasteiger partial charge in [-0.05, 0) is 17.7 Å². The molecule has 0 aliphatic carbocycles. The van der Waals surface area contributed by atoms with Crippen molar-refractivity contribution in [1.82, 2.24) is 5.32 Å². The number of methoxy groups -OCH3 is 1. The fourth-order valence-electron chi connectivity index (χ4n) is 2.28. The zero-order valence-electron chi connectivity index (χ0n) is 12.0. The minimum absolute atomic E-state index is 0.364. The molecule has 2 rings (SSSR count). The first-order valence-electron chi connectivity index (χ1n) is 7.09. The van der Waals surface area contributed by atoms with Crippen LogP contribution in [0.1, 0.15) is 5.56 Å². The summed E-state index contributed by atoms with van der Waals surface area (Å²) in [4.78, 5) is 2.34. The van der Waals surface area contributed by atoms with Crippen molar-refractivity contribution in [1.29, 1.82) is 0 Å². The van der Waals surface area contributed by atoms with Crippen molar-refractivity contribution in [3.63, 3.8) is 0 Å². The number of ether oxygens (including phenoxy) is 2. The van der Waals surface area contributed by atoms with Crippen molar-refractivity contribution in [3.05, 3.63) is 29.8 Å². The smallest absolute Gasteiger partial charge is 0.0897 e. The summed E-state index contributed by atoms with van der Waals surface area (Å²) in [6.07, 6.45) is -0.451. The Morgan fingerprint density at radius 3 is 2.65 bits per heavy atom. The molecule has 1 aromatic rings. The maximum atomic E-state index is 9.54. The molecule has 0 bridgehead atoms. The molecule has 1 aromatic carbocycles. The summed E-state index contributed by atoms with van der Waals surface area (Å²) in [5, 5.41) is 12.8. The summed E-state index contributed by atoms with van der Waals surface area (Å²) in [5.41, 5.74) is 2.46. The predicted molar refractivity (Wildman–Crippen MR) is 79.1 cm³/mol. The minimum atomic E-state index is -0.451. The van der Waals surface area contributed by atoms with Gasteiger partial charge in [-0.2, -0.15) is 0 Å². The first-order valence-corrected chi connectivity index (χ1v) is 7.09. The van der Waals surface area contributed by atoms with E-state index in [2.05, 4.69) is 34.5 Å². The molecule has 1 saturated heterocycles. The molecule has 20 heavy (non-hydrogen) atoms. The fraction of sp³-hybridized carbons (Fsp3) is 0.600. The van der Waals surface area contributed by atoms with E-state index in [0.717, 1.165) is 32.8 Å². The van der Waals surface area contributed by atoms with Crippen LogP contribution in [0.15, 0.2) is 24.3 Å². The molecular formula is C15H24N2O3. The van der Waals surface area contributed by atoms with E-state index in [4.69, 9.17) is 9.47 Å². The lowest BCUT2D eigenvalue weighted by Gasteiger charge is -2.28. The van der Waals surface area contributed by atoms with Gasteiger partial charge in [0, 0.05) is 39.0 Å². The van der Waals surface area contributed by atoms with Crippen LogP contribution in [0, 0.1) is 0 Å². The van der Waals surface area contributed by atoms with Crippen LogP contribution < -0.4 is 10.2 Å². The highest BCUT2D eigenvalue weighted by Gasteiger charge is 2.10. The number of nitrogens with one attached hydrogen (secondary N) is 1. The molecule has 0 amide bonds. The average Bonchev–Trinajstić information content (AvgIpc) is 2.49. The predicted octanol–water partition coefficient (Wildman–Crippen LogP) is 0.620. The van der Waals surface area contributed by atoms with Gasteiger partial charge < -0.3 is 24.8 Å². The Balaban J connectivity index is 1.76. The second kappa shape index (κ2) is 8.21. The van der Waals surface area contributed by atoms with Crippen molar-refractivity contribution in [2.24, 2.45) is 0 Å². The summed E-state index contributed by atoms with van der Waals surface area (Å²) in [5.74, 6) is 0. The van der Waals surface area contributed by atoms with Crippen LogP contribution >= 0.6 is 0 Å². The summed E-state index contributed by atoms with van der Waals surface area (Å²) in [7, 11) is 1.59. The zero-order valence-corrected chi connectivity index (χ0v) is 12.0. The number of benzene rings is 1. The quantitative estimate of drug-likeness (QED) is 0.767. The molecule has 0 saturated carbocycles. The third kappa shape index (κ3) is 4.76. The molecule has 1 heterocycles. The number of aliphatic hydroxyl groups is 1. The molecule has 5 nitrogen and oxygen atoms in total. The number of rotatable bonds is 7. The van der Waals surface area contributed by atoms with E-state index < -0.39 is 6.10 Å². The van der Waals surface area contributed by atoms with E-state index in [1.165, 1.54) is 11.3 Å². The maximum absolute atomic E-state index is 9.54. The average molecular weight is 280 g/mol. The number of morpholine rings is 1. The van der Waals surface area contributed by atoms with E-state index in [1.54, 1.807) is 7.11 Å². The van der Waals surface area contributed by atoms with Crippen molar-refractivity contribution in [3.8, 4) is 0 Å². The van der Waals surface area contributed by atoms with E-state index in [9.17, 15) is 5.11 Å². The summed E-state index contributed by atoms with van der Waals surface area (Å²) < 4.78 is 10.2. The molecular weight excluding hydrogens is 256 g/mol. The molecule has 1 fully saturated rings. The summed E-state index contributed by atoms with van der Waals surface area (Å²) in [6, 6.07) is 8.54. The van der Waals surface area contributed by atoms with Crippen LogP contribution in [0.5, 0.6) is 0 Å². The van der Waals surface area contributed by atoms with Crippen molar-refractivity contribution < 1.29 is 14.6 Å². The van der Waals surface area contributed by atoms with Gasteiger partial charge in [0.05, 0.1) is 25.9 Å². The van der Waals surface area contributed by atoms with Crippen LogP contribution in [-0.4, -0.2) is 57.8 Å². The molecule has 2 N–H and O–H groups in total.